The van der Waals surface area contributed by atoms with E-state index in [0.29, 0.717) is 5.76 Å². The van der Waals surface area contributed by atoms with Crippen LogP contribution >= 0.6 is 0 Å². The van der Waals surface area contributed by atoms with E-state index in [4.69, 9.17) is 9.47 Å². The molecule has 0 aromatic rings. The van der Waals surface area contributed by atoms with Crippen molar-refractivity contribution in [2.75, 3.05) is 7.11 Å². The minimum Gasteiger partial charge on any atom is -0.492 e. The molecule has 4 aliphatic rings. The number of hydrogen-bond donors (Lipinski definition) is 0. The molecule has 2 aliphatic heterocycles. The Kier molecular flexibility index (Phi) is 2.17. The van der Waals surface area contributed by atoms with Crippen molar-refractivity contribution >= 4 is 5.78 Å². The lowest BCUT2D eigenvalue weighted by molar-refractivity contribution is -0.115. The highest BCUT2D eigenvalue weighted by Gasteiger charge is 2.57. The predicted octanol–water partition coefficient (Wildman–Crippen LogP) is 2.83. The molecule has 2 aliphatic carbocycles. The Hall–Kier alpha value is -1.35. The quantitative estimate of drug-likeness (QED) is 0.725. The minimum absolute atomic E-state index is 0.0428. The fraction of sp³-hybridized carbons (Fsp3) is 0.562. The van der Waals surface area contributed by atoms with E-state index in [9.17, 15) is 4.79 Å². The van der Waals surface area contributed by atoms with Gasteiger partial charge in [-0.15, -0.1) is 0 Å². The number of ketones is 1. The van der Waals surface area contributed by atoms with Gasteiger partial charge in [0.1, 0.15) is 5.60 Å². The molecule has 1 saturated heterocycles. The van der Waals surface area contributed by atoms with Crippen LogP contribution in [0.4, 0.5) is 0 Å². The van der Waals surface area contributed by atoms with Crippen LogP contribution in [0.5, 0.6) is 0 Å². The molecule has 0 radical (unpaired) electrons. The van der Waals surface area contributed by atoms with Crippen LogP contribution < -0.4 is 0 Å². The molecule has 0 aromatic carbocycles. The smallest absolute Gasteiger partial charge is 0.220 e. The Morgan fingerprint density at radius 3 is 3.00 bits per heavy atom. The van der Waals surface area contributed by atoms with Crippen LogP contribution in [-0.2, 0) is 14.3 Å². The number of carbonyl (C=O) groups excluding carboxylic acids is 1. The van der Waals surface area contributed by atoms with Crippen LogP contribution in [0, 0.1) is 0 Å². The third-order valence-electron chi connectivity index (χ3n) is 5.09. The highest BCUT2D eigenvalue weighted by molar-refractivity contribution is 6.05. The second-order valence-corrected chi connectivity index (χ2v) is 6.01. The molecule has 2 atom stereocenters. The molecule has 4 rings (SSSR count). The van der Waals surface area contributed by atoms with E-state index in [0.717, 1.165) is 31.3 Å². The monoisotopic (exact) mass is 258 g/mol. The summed E-state index contributed by atoms with van der Waals surface area (Å²) in [6.45, 7) is 0. The Morgan fingerprint density at radius 2 is 2.16 bits per heavy atom. The van der Waals surface area contributed by atoms with Gasteiger partial charge in [-0.05, 0) is 62.3 Å². The second kappa shape index (κ2) is 3.60. The maximum Gasteiger partial charge on any atom is 0.220 e. The molecule has 2 bridgehead atoms. The summed E-state index contributed by atoms with van der Waals surface area (Å²) in [5, 5.41) is 0. The van der Waals surface area contributed by atoms with E-state index in [1.54, 1.807) is 13.2 Å². The minimum atomic E-state index is -0.403. The van der Waals surface area contributed by atoms with Crippen molar-refractivity contribution in [3.8, 4) is 0 Å². The Balaban J connectivity index is 1.93. The van der Waals surface area contributed by atoms with Crippen LogP contribution in [0.2, 0.25) is 0 Å². The number of methoxy groups -OCH3 is 1. The summed E-state index contributed by atoms with van der Waals surface area (Å²) in [4.78, 5) is 12.0. The van der Waals surface area contributed by atoms with E-state index in [1.165, 1.54) is 18.4 Å². The number of rotatable bonds is 1. The average molecular weight is 258 g/mol. The van der Waals surface area contributed by atoms with Crippen molar-refractivity contribution in [3.63, 3.8) is 0 Å². The summed E-state index contributed by atoms with van der Waals surface area (Å²) >= 11 is 0. The first kappa shape index (κ1) is 11.5. The summed E-state index contributed by atoms with van der Waals surface area (Å²) in [6, 6.07) is 0. The van der Waals surface area contributed by atoms with Gasteiger partial charge >= 0.3 is 0 Å². The van der Waals surface area contributed by atoms with Crippen LogP contribution in [-0.4, -0.2) is 24.1 Å². The van der Waals surface area contributed by atoms with Crippen molar-refractivity contribution in [1.82, 2.24) is 0 Å². The normalized spacial score (nSPS) is 39.8. The molecule has 0 unspecified atom stereocenters. The fourth-order valence-corrected chi connectivity index (χ4v) is 4.14. The Labute approximate surface area is 113 Å². The van der Waals surface area contributed by atoms with Gasteiger partial charge in [0.2, 0.25) is 5.78 Å². The van der Waals surface area contributed by atoms with Gasteiger partial charge in [0.05, 0.1) is 12.7 Å². The maximum absolute atomic E-state index is 12.0. The zero-order valence-corrected chi connectivity index (χ0v) is 11.2. The molecule has 1 saturated carbocycles. The van der Waals surface area contributed by atoms with Crippen LogP contribution in [0.3, 0.4) is 0 Å². The molecule has 2 spiro atoms. The molecule has 3 nitrogen and oxygen atoms in total. The fourth-order valence-electron chi connectivity index (χ4n) is 4.14. The van der Waals surface area contributed by atoms with E-state index in [1.807, 2.05) is 6.08 Å². The van der Waals surface area contributed by atoms with Gasteiger partial charge in [-0.2, -0.15) is 0 Å². The number of allylic oxidation sites excluding steroid dienone is 1. The molecular weight excluding hydrogens is 240 g/mol. The SMILES string of the molecule is COC1=C2C=C3CCCC[C@@]34CC[C@]2(C=CC1=O)O4. The van der Waals surface area contributed by atoms with E-state index < -0.39 is 5.60 Å². The predicted molar refractivity (Wildman–Crippen MR) is 70.5 cm³/mol. The van der Waals surface area contributed by atoms with Crippen LogP contribution in [0.1, 0.15) is 38.5 Å². The summed E-state index contributed by atoms with van der Waals surface area (Å²) < 4.78 is 11.9. The molecule has 100 valence electrons. The second-order valence-electron chi connectivity index (χ2n) is 6.01. The van der Waals surface area contributed by atoms with Gasteiger partial charge < -0.3 is 9.47 Å². The van der Waals surface area contributed by atoms with E-state index >= 15 is 0 Å². The lowest BCUT2D eigenvalue weighted by Crippen LogP contribution is -2.44. The molecule has 2 heterocycles. The van der Waals surface area contributed by atoms with Crippen molar-refractivity contribution < 1.29 is 14.3 Å². The summed E-state index contributed by atoms with van der Waals surface area (Å²) in [6.07, 6.45) is 12.5. The number of carbonyl (C=O) groups is 1. The zero-order chi connectivity index (χ0) is 13.1. The zero-order valence-electron chi connectivity index (χ0n) is 11.2. The molecule has 2 fully saturated rings. The van der Waals surface area contributed by atoms with Gasteiger partial charge in [-0.25, -0.2) is 0 Å². The lowest BCUT2D eigenvalue weighted by Gasteiger charge is -2.44. The van der Waals surface area contributed by atoms with Gasteiger partial charge in [-0.1, -0.05) is 0 Å². The van der Waals surface area contributed by atoms with Gasteiger partial charge in [-0.3, -0.25) is 4.79 Å². The van der Waals surface area contributed by atoms with E-state index in [2.05, 4.69) is 6.08 Å². The van der Waals surface area contributed by atoms with Crippen LogP contribution in [0.15, 0.2) is 35.1 Å². The number of ether oxygens (including phenoxy) is 2. The standard InChI is InChI=1S/C16H18O3/c1-18-14-12-10-11-4-2-3-6-15(11)8-9-16(12,19-15)7-5-13(14)17/h5,7,10H,2-4,6,8-9H2,1H3/t15-,16+/m1/s1. The first-order chi connectivity index (χ1) is 9.19. The van der Waals surface area contributed by atoms with Gasteiger partial charge in [0.25, 0.3) is 0 Å². The first-order valence-corrected chi connectivity index (χ1v) is 7.13. The van der Waals surface area contributed by atoms with Gasteiger partial charge in [0.15, 0.2) is 5.76 Å². The Bertz CT molecular complexity index is 554. The summed E-state index contributed by atoms with van der Waals surface area (Å²) in [7, 11) is 1.57. The van der Waals surface area contributed by atoms with E-state index in [-0.39, 0.29) is 11.4 Å². The summed E-state index contributed by atoms with van der Waals surface area (Å²) in [5.41, 5.74) is 1.87. The topological polar surface area (TPSA) is 35.5 Å². The lowest BCUT2D eigenvalue weighted by atomic mass is 9.77. The van der Waals surface area contributed by atoms with Gasteiger partial charge in [0, 0.05) is 5.57 Å². The summed E-state index contributed by atoms with van der Waals surface area (Å²) in [5.74, 6) is 0.426. The largest absolute Gasteiger partial charge is 0.492 e. The molecule has 0 N–H and O–H groups in total. The molecule has 0 aromatic heterocycles. The first-order valence-electron chi connectivity index (χ1n) is 7.13. The highest BCUT2D eigenvalue weighted by atomic mass is 16.5. The highest BCUT2D eigenvalue weighted by Crippen LogP contribution is 2.57. The van der Waals surface area contributed by atoms with Crippen LogP contribution in [0.25, 0.3) is 0 Å². The Morgan fingerprint density at radius 1 is 1.26 bits per heavy atom. The van der Waals surface area contributed by atoms with Crippen molar-refractivity contribution in [1.29, 1.82) is 0 Å². The third-order valence-corrected chi connectivity index (χ3v) is 5.09. The molecule has 19 heavy (non-hydrogen) atoms. The van der Waals surface area contributed by atoms with Crippen molar-refractivity contribution in [2.45, 2.75) is 49.7 Å². The number of hydrogen-bond acceptors (Lipinski definition) is 3. The van der Waals surface area contributed by atoms with Crippen molar-refractivity contribution in [3.05, 3.63) is 35.1 Å². The molecular formula is C16H18O3. The maximum atomic E-state index is 12.0. The third kappa shape index (κ3) is 1.34. The molecule has 0 amide bonds. The molecule has 3 heteroatoms. The average Bonchev–Trinajstić information content (AvgIpc) is 2.72. The van der Waals surface area contributed by atoms with Crippen molar-refractivity contribution in [2.24, 2.45) is 0 Å².